The van der Waals surface area contributed by atoms with Crippen molar-refractivity contribution in [2.75, 3.05) is 19.6 Å². The summed E-state index contributed by atoms with van der Waals surface area (Å²) < 4.78 is 2.04. The van der Waals surface area contributed by atoms with E-state index in [2.05, 4.69) is 63.2 Å². The second-order valence-corrected chi connectivity index (χ2v) is 6.95. The number of rotatable bonds is 8. The Kier molecular flexibility index (Phi) is 6.04. The normalized spacial score (nSPS) is 12.0. The lowest BCUT2D eigenvalue weighted by Crippen LogP contribution is -2.38. The molecule has 0 spiro atoms. The summed E-state index contributed by atoms with van der Waals surface area (Å²) in [7, 11) is 0. The number of aryl methyl sites for hydroxylation is 1. The van der Waals surface area contributed by atoms with Crippen molar-refractivity contribution < 1.29 is 0 Å². The largest absolute Gasteiger partial charge is 0.361 e. The predicted molar refractivity (Wildman–Crippen MR) is 117 cm³/mol. The zero-order valence-corrected chi connectivity index (χ0v) is 16.7. The molecule has 0 saturated carbocycles. The number of aromatic amines is 1. The van der Waals surface area contributed by atoms with Crippen LogP contribution in [0.25, 0.3) is 16.6 Å². The summed E-state index contributed by atoms with van der Waals surface area (Å²) in [5.74, 6) is 1.84. The van der Waals surface area contributed by atoms with Crippen molar-refractivity contribution in [2.24, 2.45) is 4.99 Å². The first-order valence-electron chi connectivity index (χ1n) is 10.2. The Labute approximate surface area is 170 Å². The van der Waals surface area contributed by atoms with Gasteiger partial charge < -0.3 is 15.6 Å². The number of guanidine groups is 1. The van der Waals surface area contributed by atoms with Gasteiger partial charge in [-0.2, -0.15) is 0 Å². The molecule has 0 aliphatic carbocycles. The summed E-state index contributed by atoms with van der Waals surface area (Å²) in [5.41, 5.74) is 3.39. The molecular formula is C22H27N7. The third-order valence-electron chi connectivity index (χ3n) is 4.92. The number of hydrogen-bond acceptors (Lipinski definition) is 3. The molecule has 7 nitrogen and oxygen atoms in total. The first kappa shape index (κ1) is 19.0. The molecule has 0 atom stereocenters. The van der Waals surface area contributed by atoms with E-state index in [1.807, 2.05) is 28.8 Å². The molecule has 150 valence electrons. The quantitative estimate of drug-likeness (QED) is 0.246. The van der Waals surface area contributed by atoms with Crippen LogP contribution in [0.4, 0.5) is 0 Å². The number of para-hydroxylation sites is 1. The highest BCUT2D eigenvalue weighted by molar-refractivity contribution is 5.83. The number of hydrogen-bond donors (Lipinski definition) is 3. The Morgan fingerprint density at radius 1 is 1.07 bits per heavy atom. The SMILES string of the molecule is CCNC(=NCCCc1nnc2ccccn12)NCCc1c[nH]c2ccccc12. The summed E-state index contributed by atoms with van der Waals surface area (Å²) in [6.07, 6.45) is 6.82. The minimum absolute atomic E-state index is 0.740. The summed E-state index contributed by atoms with van der Waals surface area (Å²) in [4.78, 5) is 8.04. The Morgan fingerprint density at radius 3 is 2.90 bits per heavy atom. The van der Waals surface area contributed by atoms with Gasteiger partial charge in [0.25, 0.3) is 0 Å². The maximum Gasteiger partial charge on any atom is 0.191 e. The van der Waals surface area contributed by atoms with E-state index >= 15 is 0 Å². The molecule has 0 saturated heterocycles. The van der Waals surface area contributed by atoms with Crippen molar-refractivity contribution in [3.8, 4) is 0 Å². The lowest BCUT2D eigenvalue weighted by Gasteiger charge is -2.11. The zero-order chi connectivity index (χ0) is 19.9. The second kappa shape index (κ2) is 9.23. The van der Waals surface area contributed by atoms with Crippen molar-refractivity contribution in [2.45, 2.75) is 26.2 Å². The van der Waals surface area contributed by atoms with Crippen LogP contribution in [-0.2, 0) is 12.8 Å². The van der Waals surface area contributed by atoms with E-state index in [0.717, 1.165) is 56.3 Å². The molecule has 3 heterocycles. The molecule has 29 heavy (non-hydrogen) atoms. The van der Waals surface area contributed by atoms with Crippen LogP contribution in [0.1, 0.15) is 24.7 Å². The average Bonchev–Trinajstić information content (AvgIpc) is 3.35. The second-order valence-electron chi connectivity index (χ2n) is 6.95. The third-order valence-corrected chi connectivity index (χ3v) is 4.92. The minimum Gasteiger partial charge on any atom is -0.361 e. The number of nitrogens with one attached hydrogen (secondary N) is 3. The smallest absolute Gasteiger partial charge is 0.191 e. The molecule has 0 unspecified atom stereocenters. The number of H-pyrrole nitrogens is 1. The van der Waals surface area contributed by atoms with E-state index in [1.54, 1.807) is 0 Å². The fourth-order valence-corrected chi connectivity index (χ4v) is 3.49. The van der Waals surface area contributed by atoms with Gasteiger partial charge in [0.15, 0.2) is 11.6 Å². The van der Waals surface area contributed by atoms with Crippen molar-refractivity contribution in [3.05, 3.63) is 66.2 Å². The molecule has 0 fully saturated rings. The number of benzene rings is 1. The molecule has 0 amide bonds. The van der Waals surface area contributed by atoms with Gasteiger partial charge in [-0.05, 0) is 43.5 Å². The summed E-state index contributed by atoms with van der Waals surface area (Å²) >= 11 is 0. The van der Waals surface area contributed by atoms with Gasteiger partial charge >= 0.3 is 0 Å². The topological polar surface area (TPSA) is 82.4 Å². The number of fused-ring (bicyclic) bond motifs is 2. The van der Waals surface area contributed by atoms with Crippen LogP contribution in [0, 0.1) is 0 Å². The molecule has 7 heteroatoms. The lowest BCUT2D eigenvalue weighted by atomic mass is 10.1. The van der Waals surface area contributed by atoms with Gasteiger partial charge in [-0.25, -0.2) is 0 Å². The molecule has 3 N–H and O–H groups in total. The molecule has 3 aromatic heterocycles. The van der Waals surface area contributed by atoms with Crippen LogP contribution in [-0.4, -0.2) is 45.2 Å². The van der Waals surface area contributed by atoms with Crippen LogP contribution in [0.5, 0.6) is 0 Å². The van der Waals surface area contributed by atoms with Gasteiger partial charge in [-0.15, -0.1) is 10.2 Å². The van der Waals surface area contributed by atoms with Gasteiger partial charge in [-0.1, -0.05) is 24.3 Å². The molecular weight excluding hydrogens is 362 g/mol. The van der Waals surface area contributed by atoms with Gasteiger partial charge in [-0.3, -0.25) is 9.39 Å². The molecule has 4 rings (SSSR count). The molecule has 0 aliphatic heterocycles. The van der Waals surface area contributed by atoms with Crippen LogP contribution in [0.15, 0.2) is 59.9 Å². The third kappa shape index (κ3) is 4.56. The zero-order valence-electron chi connectivity index (χ0n) is 16.7. The Hall–Kier alpha value is -3.35. The number of aliphatic imine (C=N–C) groups is 1. The number of pyridine rings is 1. The Bertz CT molecular complexity index is 1090. The highest BCUT2D eigenvalue weighted by Crippen LogP contribution is 2.17. The van der Waals surface area contributed by atoms with Gasteiger partial charge in [0.05, 0.1) is 0 Å². The minimum atomic E-state index is 0.740. The van der Waals surface area contributed by atoms with E-state index < -0.39 is 0 Å². The Balaban J connectivity index is 1.28. The number of nitrogens with zero attached hydrogens (tertiary/aromatic N) is 4. The van der Waals surface area contributed by atoms with Crippen LogP contribution < -0.4 is 10.6 Å². The monoisotopic (exact) mass is 389 g/mol. The summed E-state index contributed by atoms with van der Waals surface area (Å²) in [6.45, 7) is 4.50. The first-order chi connectivity index (χ1) is 14.3. The van der Waals surface area contributed by atoms with Crippen molar-refractivity contribution >= 4 is 22.5 Å². The van der Waals surface area contributed by atoms with Crippen molar-refractivity contribution in [1.29, 1.82) is 0 Å². The van der Waals surface area contributed by atoms with Crippen LogP contribution >= 0.6 is 0 Å². The molecule has 1 aromatic carbocycles. The van der Waals surface area contributed by atoms with E-state index in [-0.39, 0.29) is 0 Å². The average molecular weight is 390 g/mol. The first-order valence-corrected chi connectivity index (χ1v) is 10.2. The Morgan fingerprint density at radius 2 is 1.97 bits per heavy atom. The maximum absolute atomic E-state index is 4.70. The van der Waals surface area contributed by atoms with Gasteiger partial charge in [0, 0.05) is 49.4 Å². The maximum atomic E-state index is 4.70. The fourth-order valence-electron chi connectivity index (χ4n) is 3.49. The van der Waals surface area contributed by atoms with E-state index in [9.17, 15) is 0 Å². The van der Waals surface area contributed by atoms with Gasteiger partial charge in [0.2, 0.25) is 0 Å². The standard InChI is InChI=1S/C22H27N7/c1-2-23-22(25-14-12-17-16-26-19-9-4-3-8-18(17)19)24-13-7-11-21-28-27-20-10-5-6-15-29(20)21/h3-6,8-10,15-16,26H,2,7,11-14H2,1H3,(H2,23,24,25). The van der Waals surface area contributed by atoms with Crippen molar-refractivity contribution in [3.63, 3.8) is 0 Å². The van der Waals surface area contributed by atoms with Crippen LogP contribution in [0.2, 0.25) is 0 Å². The van der Waals surface area contributed by atoms with Gasteiger partial charge in [0.1, 0.15) is 5.82 Å². The number of aromatic nitrogens is 4. The van der Waals surface area contributed by atoms with E-state index in [4.69, 9.17) is 4.99 Å². The molecule has 0 radical (unpaired) electrons. The molecule has 0 aliphatic rings. The predicted octanol–water partition coefficient (Wildman–Crippen LogP) is 2.94. The van der Waals surface area contributed by atoms with E-state index in [0.29, 0.717) is 0 Å². The molecule has 4 aromatic rings. The highest BCUT2D eigenvalue weighted by Gasteiger charge is 2.05. The lowest BCUT2D eigenvalue weighted by molar-refractivity contribution is 0.750. The van der Waals surface area contributed by atoms with E-state index in [1.165, 1.54) is 16.5 Å². The fraction of sp³-hybridized carbons (Fsp3) is 0.318. The van der Waals surface area contributed by atoms with Crippen LogP contribution in [0.3, 0.4) is 0 Å². The molecule has 0 bridgehead atoms. The summed E-state index contributed by atoms with van der Waals surface area (Å²) in [5, 5.41) is 16.5. The summed E-state index contributed by atoms with van der Waals surface area (Å²) in [6, 6.07) is 14.3. The highest BCUT2D eigenvalue weighted by atomic mass is 15.2. The van der Waals surface area contributed by atoms with Crippen molar-refractivity contribution in [1.82, 2.24) is 30.2 Å².